The number of nitrogens with zero attached hydrogens (tertiary/aromatic N) is 3. The van der Waals surface area contributed by atoms with Gasteiger partial charge in [-0.1, -0.05) is 19.3 Å². The Morgan fingerprint density at radius 2 is 2.09 bits per heavy atom. The summed E-state index contributed by atoms with van der Waals surface area (Å²) < 4.78 is 1.69. The van der Waals surface area contributed by atoms with Gasteiger partial charge in [-0.15, -0.1) is 0 Å². The smallest absolute Gasteiger partial charge is 0.252 e. The highest BCUT2D eigenvalue weighted by molar-refractivity contribution is 5.75. The minimum Gasteiger partial charge on any atom is -0.351 e. The Bertz CT molecular complexity index is 703. The van der Waals surface area contributed by atoms with Crippen molar-refractivity contribution in [3.8, 4) is 0 Å². The maximum Gasteiger partial charge on any atom is 0.252 e. The molecule has 2 heterocycles. The van der Waals surface area contributed by atoms with Gasteiger partial charge in [0.25, 0.3) is 5.56 Å². The van der Waals surface area contributed by atoms with E-state index in [-0.39, 0.29) is 5.56 Å². The van der Waals surface area contributed by atoms with Gasteiger partial charge in [0, 0.05) is 30.2 Å². The molecule has 5 nitrogen and oxygen atoms in total. The molecule has 0 amide bonds. The number of aromatic nitrogens is 3. The van der Waals surface area contributed by atoms with Crippen LogP contribution in [0.3, 0.4) is 0 Å². The molecule has 1 fully saturated rings. The Balaban J connectivity index is 1.86. The van der Waals surface area contributed by atoms with Crippen LogP contribution in [0.5, 0.6) is 0 Å². The molecule has 1 aliphatic rings. The lowest BCUT2D eigenvalue weighted by atomic mass is 9.85. The summed E-state index contributed by atoms with van der Waals surface area (Å²) in [4.78, 5) is 20.9. The van der Waals surface area contributed by atoms with Crippen molar-refractivity contribution in [3.05, 3.63) is 28.7 Å². The molecule has 0 saturated heterocycles. The Labute approximate surface area is 130 Å². The predicted molar refractivity (Wildman–Crippen MR) is 89.1 cm³/mol. The average Bonchev–Trinajstić information content (AvgIpc) is 2.55. The first-order chi connectivity index (χ1) is 10.7. The quantitative estimate of drug-likeness (QED) is 0.942. The van der Waals surface area contributed by atoms with Crippen LogP contribution in [0.4, 0.5) is 5.95 Å². The summed E-state index contributed by atoms with van der Waals surface area (Å²) in [5.41, 5.74) is 0.698. The van der Waals surface area contributed by atoms with Gasteiger partial charge in [0.05, 0.1) is 0 Å². The van der Waals surface area contributed by atoms with Gasteiger partial charge < -0.3 is 5.32 Å². The van der Waals surface area contributed by atoms with E-state index in [1.807, 2.05) is 6.92 Å². The summed E-state index contributed by atoms with van der Waals surface area (Å²) in [5.74, 6) is 1.32. The highest BCUT2D eigenvalue weighted by atomic mass is 16.1. The maximum atomic E-state index is 11.9. The zero-order valence-electron chi connectivity index (χ0n) is 13.4. The van der Waals surface area contributed by atoms with Gasteiger partial charge in [-0.2, -0.15) is 4.98 Å². The van der Waals surface area contributed by atoms with Crippen molar-refractivity contribution in [1.29, 1.82) is 0 Å². The lowest BCUT2D eigenvalue weighted by Crippen LogP contribution is -2.28. The van der Waals surface area contributed by atoms with E-state index in [9.17, 15) is 4.79 Å². The van der Waals surface area contributed by atoms with Crippen LogP contribution < -0.4 is 10.9 Å². The molecule has 5 heteroatoms. The molecule has 1 unspecified atom stereocenters. The Kier molecular flexibility index (Phi) is 4.41. The molecule has 0 aliphatic heterocycles. The molecule has 2 aromatic rings. The number of fused-ring (bicyclic) bond motifs is 1. The number of aryl methyl sites for hydroxylation is 1. The molecule has 3 rings (SSSR count). The molecule has 0 radical (unpaired) electrons. The Morgan fingerprint density at radius 3 is 2.82 bits per heavy atom. The fourth-order valence-corrected chi connectivity index (χ4v) is 3.40. The Morgan fingerprint density at radius 1 is 1.32 bits per heavy atom. The van der Waals surface area contributed by atoms with E-state index in [0.717, 1.165) is 5.39 Å². The normalized spacial score (nSPS) is 17.5. The lowest BCUT2D eigenvalue weighted by Gasteiger charge is -2.28. The molecule has 2 aromatic heterocycles. The van der Waals surface area contributed by atoms with Crippen LogP contribution in [-0.2, 0) is 6.54 Å². The van der Waals surface area contributed by atoms with Crippen molar-refractivity contribution >= 4 is 17.0 Å². The minimum atomic E-state index is -0.0139. The molecule has 118 valence electrons. The third-order valence-electron chi connectivity index (χ3n) is 4.75. The minimum absolute atomic E-state index is 0.0139. The van der Waals surface area contributed by atoms with E-state index in [1.165, 1.54) is 32.1 Å². The molecule has 1 N–H and O–H groups in total. The van der Waals surface area contributed by atoms with Gasteiger partial charge in [-0.25, -0.2) is 4.98 Å². The van der Waals surface area contributed by atoms with Crippen LogP contribution in [0.15, 0.2) is 23.1 Å². The summed E-state index contributed by atoms with van der Waals surface area (Å²) in [6.07, 6.45) is 8.36. The second kappa shape index (κ2) is 6.46. The third kappa shape index (κ3) is 2.98. The first kappa shape index (κ1) is 15.0. The fourth-order valence-electron chi connectivity index (χ4n) is 3.40. The van der Waals surface area contributed by atoms with Crippen molar-refractivity contribution in [1.82, 2.24) is 14.5 Å². The van der Waals surface area contributed by atoms with Crippen LogP contribution >= 0.6 is 0 Å². The lowest BCUT2D eigenvalue weighted by molar-refractivity contribution is 0.327. The van der Waals surface area contributed by atoms with Crippen LogP contribution in [0.1, 0.15) is 46.0 Å². The first-order valence-corrected chi connectivity index (χ1v) is 8.32. The summed E-state index contributed by atoms with van der Waals surface area (Å²) in [6, 6.07) is 3.73. The van der Waals surface area contributed by atoms with Crippen molar-refractivity contribution in [2.75, 3.05) is 5.32 Å². The number of hydrogen-bond donors (Lipinski definition) is 1. The number of rotatable bonds is 4. The number of hydrogen-bond acceptors (Lipinski definition) is 4. The monoisotopic (exact) mass is 300 g/mol. The van der Waals surface area contributed by atoms with E-state index in [2.05, 4.69) is 22.2 Å². The van der Waals surface area contributed by atoms with Gasteiger partial charge in [0.2, 0.25) is 5.95 Å². The SMILES string of the molecule is CCn1c(=O)ccc2cnc(NC(C)C3CCCCC3)nc21. The van der Waals surface area contributed by atoms with E-state index in [4.69, 9.17) is 0 Å². The second-order valence-electron chi connectivity index (χ2n) is 6.22. The van der Waals surface area contributed by atoms with Gasteiger partial charge in [-0.05, 0) is 38.7 Å². The van der Waals surface area contributed by atoms with Gasteiger partial charge in [0.15, 0.2) is 0 Å². The molecule has 0 aromatic carbocycles. The summed E-state index contributed by atoms with van der Waals surface area (Å²) in [6.45, 7) is 4.78. The van der Waals surface area contributed by atoms with Crippen LogP contribution in [0.2, 0.25) is 0 Å². The third-order valence-corrected chi connectivity index (χ3v) is 4.75. The topological polar surface area (TPSA) is 59.8 Å². The number of nitrogens with one attached hydrogen (secondary N) is 1. The van der Waals surface area contributed by atoms with Crippen molar-refractivity contribution in [3.63, 3.8) is 0 Å². The molecule has 0 bridgehead atoms. The van der Waals surface area contributed by atoms with Gasteiger partial charge in [0.1, 0.15) is 5.65 Å². The second-order valence-corrected chi connectivity index (χ2v) is 6.22. The molecular formula is C17H24N4O. The standard InChI is InChI=1S/C17H24N4O/c1-3-21-15(22)10-9-14-11-18-17(20-16(14)21)19-12(2)13-7-5-4-6-8-13/h9-13H,3-8H2,1-2H3,(H,18,19,20). The summed E-state index contributed by atoms with van der Waals surface area (Å²) in [7, 11) is 0. The molecule has 1 aliphatic carbocycles. The molecule has 1 saturated carbocycles. The van der Waals surface area contributed by atoms with Crippen LogP contribution in [0.25, 0.3) is 11.0 Å². The van der Waals surface area contributed by atoms with Crippen molar-refractivity contribution in [2.45, 2.75) is 58.5 Å². The van der Waals surface area contributed by atoms with E-state index in [1.54, 1.807) is 22.9 Å². The van der Waals surface area contributed by atoms with Crippen molar-refractivity contribution in [2.24, 2.45) is 5.92 Å². The maximum absolute atomic E-state index is 11.9. The molecule has 0 spiro atoms. The molecular weight excluding hydrogens is 276 g/mol. The zero-order chi connectivity index (χ0) is 15.5. The summed E-state index contributed by atoms with van der Waals surface area (Å²) in [5, 5.41) is 4.34. The highest BCUT2D eigenvalue weighted by Gasteiger charge is 2.20. The molecule has 1 atom stereocenters. The Hall–Kier alpha value is -1.91. The number of pyridine rings is 1. The van der Waals surface area contributed by atoms with E-state index >= 15 is 0 Å². The van der Waals surface area contributed by atoms with E-state index < -0.39 is 0 Å². The van der Waals surface area contributed by atoms with Gasteiger partial charge >= 0.3 is 0 Å². The predicted octanol–water partition coefficient (Wildman–Crippen LogP) is 3.19. The zero-order valence-corrected chi connectivity index (χ0v) is 13.4. The molecule has 22 heavy (non-hydrogen) atoms. The summed E-state index contributed by atoms with van der Waals surface area (Å²) >= 11 is 0. The van der Waals surface area contributed by atoms with Crippen LogP contribution in [0, 0.1) is 5.92 Å². The van der Waals surface area contributed by atoms with Crippen LogP contribution in [-0.4, -0.2) is 20.6 Å². The number of anilines is 1. The average molecular weight is 300 g/mol. The van der Waals surface area contributed by atoms with E-state index in [0.29, 0.717) is 30.1 Å². The van der Waals surface area contributed by atoms with Gasteiger partial charge in [-0.3, -0.25) is 9.36 Å². The first-order valence-electron chi connectivity index (χ1n) is 8.32. The van der Waals surface area contributed by atoms with Crippen molar-refractivity contribution < 1.29 is 0 Å². The fraction of sp³-hybridized carbons (Fsp3) is 0.588. The highest BCUT2D eigenvalue weighted by Crippen LogP contribution is 2.27. The largest absolute Gasteiger partial charge is 0.351 e.